The molecule has 1 atom stereocenters. The fraction of sp³-hybridized carbons (Fsp3) is 0.571. The van der Waals surface area contributed by atoms with Crippen molar-refractivity contribution < 1.29 is 4.74 Å². The average molecular weight is 267 g/mol. The Kier molecular flexibility index (Phi) is 3.22. The highest BCUT2D eigenvalue weighted by molar-refractivity contribution is 6.30. The lowest BCUT2D eigenvalue weighted by molar-refractivity contribution is 0.344. The molecule has 2 aliphatic rings. The van der Waals surface area contributed by atoms with Gasteiger partial charge in [0.2, 0.25) is 0 Å². The van der Waals surface area contributed by atoms with Crippen molar-refractivity contribution in [2.75, 3.05) is 19.7 Å². The molecular formula is C14H19ClN2O. The molecule has 1 aromatic rings. The van der Waals surface area contributed by atoms with Crippen LogP contribution in [0, 0.1) is 0 Å². The molecule has 2 N–H and O–H groups in total. The van der Waals surface area contributed by atoms with Gasteiger partial charge in [-0.3, -0.25) is 0 Å². The second-order valence-corrected chi connectivity index (χ2v) is 5.93. The van der Waals surface area contributed by atoms with Crippen LogP contribution in [0.25, 0.3) is 0 Å². The van der Waals surface area contributed by atoms with E-state index in [4.69, 9.17) is 16.3 Å². The number of ether oxygens (including phenoxy) is 1. The molecule has 0 saturated carbocycles. The van der Waals surface area contributed by atoms with Crippen LogP contribution >= 0.6 is 11.6 Å². The van der Waals surface area contributed by atoms with E-state index in [2.05, 4.69) is 17.6 Å². The summed E-state index contributed by atoms with van der Waals surface area (Å²) in [5.74, 6) is 1.04. The number of hydrogen-bond donors (Lipinski definition) is 2. The van der Waals surface area contributed by atoms with Crippen molar-refractivity contribution in [1.82, 2.24) is 10.6 Å². The van der Waals surface area contributed by atoms with Gasteiger partial charge in [0.25, 0.3) is 0 Å². The number of rotatable bonds is 3. The van der Waals surface area contributed by atoms with Crippen LogP contribution in [0.3, 0.4) is 0 Å². The average Bonchev–Trinajstić information content (AvgIpc) is 2.95. The summed E-state index contributed by atoms with van der Waals surface area (Å²) < 4.78 is 5.72. The van der Waals surface area contributed by atoms with Gasteiger partial charge in [-0.1, -0.05) is 11.6 Å². The highest BCUT2D eigenvalue weighted by atomic mass is 35.5. The molecule has 18 heavy (non-hydrogen) atoms. The minimum absolute atomic E-state index is 0.188. The van der Waals surface area contributed by atoms with Gasteiger partial charge in [0.15, 0.2) is 0 Å². The second kappa shape index (κ2) is 4.72. The van der Waals surface area contributed by atoms with Crippen molar-refractivity contribution in [3.05, 3.63) is 28.3 Å². The summed E-state index contributed by atoms with van der Waals surface area (Å²) in [5, 5.41) is 7.83. The molecule has 2 aliphatic heterocycles. The Bertz CT molecular complexity index is 455. The molecule has 0 aliphatic carbocycles. The van der Waals surface area contributed by atoms with Crippen LogP contribution in [-0.4, -0.2) is 25.2 Å². The van der Waals surface area contributed by atoms with Crippen LogP contribution in [-0.2, 0) is 13.0 Å². The normalized spacial score (nSPS) is 26.1. The van der Waals surface area contributed by atoms with E-state index in [0.717, 1.165) is 49.9 Å². The molecule has 98 valence electrons. The van der Waals surface area contributed by atoms with Gasteiger partial charge in [-0.2, -0.15) is 0 Å². The molecule has 1 aromatic carbocycles. The third-order valence-corrected chi connectivity index (χ3v) is 4.12. The molecule has 1 fully saturated rings. The Morgan fingerprint density at radius 2 is 2.39 bits per heavy atom. The van der Waals surface area contributed by atoms with E-state index in [0.29, 0.717) is 0 Å². The molecule has 0 bridgehead atoms. The van der Waals surface area contributed by atoms with E-state index in [1.807, 2.05) is 12.1 Å². The summed E-state index contributed by atoms with van der Waals surface area (Å²) in [6.45, 7) is 5.98. The lowest BCUT2D eigenvalue weighted by atomic mass is 10.0. The molecular weight excluding hydrogens is 248 g/mol. The largest absolute Gasteiger partial charge is 0.493 e. The molecule has 4 heteroatoms. The van der Waals surface area contributed by atoms with Crippen LogP contribution in [0.2, 0.25) is 5.02 Å². The molecule has 0 aromatic heterocycles. The smallest absolute Gasteiger partial charge is 0.127 e. The lowest BCUT2D eigenvalue weighted by Gasteiger charge is -2.25. The number of hydrogen-bond acceptors (Lipinski definition) is 3. The van der Waals surface area contributed by atoms with E-state index in [-0.39, 0.29) is 5.54 Å². The first-order chi connectivity index (χ1) is 8.66. The number of benzene rings is 1. The molecule has 2 heterocycles. The predicted octanol–water partition coefficient (Wildman–Crippen LogP) is 2.12. The topological polar surface area (TPSA) is 33.3 Å². The SMILES string of the molecule is CC1(NCc2cc(Cl)cc3c2OCC3)CCNC1. The molecule has 1 unspecified atom stereocenters. The van der Waals surface area contributed by atoms with Crippen LogP contribution in [0.4, 0.5) is 0 Å². The quantitative estimate of drug-likeness (QED) is 0.879. The Balaban J connectivity index is 1.76. The van der Waals surface area contributed by atoms with E-state index in [1.165, 1.54) is 11.1 Å². The Morgan fingerprint density at radius 3 is 3.17 bits per heavy atom. The van der Waals surface area contributed by atoms with Crippen molar-refractivity contribution in [3.63, 3.8) is 0 Å². The van der Waals surface area contributed by atoms with Crippen molar-refractivity contribution in [1.29, 1.82) is 0 Å². The number of fused-ring (bicyclic) bond motifs is 1. The van der Waals surface area contributed by atoms with E-state index in [1.54, 1.807) is 0 Å². The van der Waals surface area contributed by atoms with Crippen LogP contribution in [0.1, 0.15) is 24.5 Å². The first-order valence-corrected chi connectivity index (χ1v) is 6.94. The van der Waals surface area contributed by atoms with Gasteiger partial charge in [0.05, 0.1) is 6.61 Å². The summed E-state index contributed by atoms with van der Waals surface area (Å²) in [6, 6.07) is 4.04. The fourth-order valence-electron chi connectivity index (χ4n) is 2.75. The minimum atomic E-state index is 0.188. The van der Waals surface area contributed by atoms with E-state index >= 15 is 0 Å². The van der Waals surface area contributed by atoms with Crippen molar-refractivity contribution in [2.45, 2.75) is 31.8 Å². The monoisotopic (exact) mass is 266 g/mol. The van der Waals surface area contributed by atoms with Gasteiger partial charge in [0, 0.05) is 35.6 Å². The first kappa shape index (κ1) is 12.3. The fourth-order valence-corrected chi connectivity index (χ4v) is 3.02. The zero-order chi connectivity index (χ0) is 12.6. The standard InChI is InChI=1S/C14H19ClN2O/c1-14(3-4-16-9-14)17-8-11-7-12(15)6-10-2-5-18-13(10)11/h6-7,16-17H,2-5,8-9H2,1H3. The third-order valence-electron chi connectivity index (χ3n) is 3.90. The Morgan fingerprint density at radius 1 is 1.50 bits per heavy atom. The summed E-state index contributed by atoms with van der Waals surface area (Å²) in [4.78, 5) is 0. The highest BCUT2D eigenvalue weighted by Crippen LogP contribution is 2.33. The molecule has 1 saturated heterocycles. The maximum atomic E-state index is 6.16. The number of nitrogens with one attached hydrogen (secondary N) is 2. The van der Waals surface area contributed by atoms with Crippen molar-refractivity contribution >= 4 is 11.6 Å². The zero-order valence-corrected chi connectivity index (χ0v) is 11.4. The summed E-state index contributed by atoms with van der Waals surface area (Å²) >= 11 is 6.16. The maximum absolute atomic E-state index is 6.16. The molecule has 0 amide bonds. The van der Waals surface area contributed by atoms with E-state index < -0.39 is 0 Å². The Hall–Kier alpha value is -0.770. The first-order valence-electron chi connectivity index (χ1n) is 6.56. The summed E-state index contributed by atoms with van der Waals surface area (Å²) in [6.07, 6.45) is 2.14. The number of halogens is 1. The zero-order valence-electron chi connectivity index (χ0n) is 10.7. The van der Waals surface area contributed by atoms with Crippen LogP contribution in [0.15, 0.2) is 12.1 Å². The molecule has 3 rings (SSSR count). The maximum Gasteiger partial charge on any atom is 0.127 e. The predicted molar refractivity (Wildman–Crippen MR) is 73.4 cm³/mol. The van der Waals surface area contributed by atoms with Crippen LogP contribution in [0.5, 0.6) is 5.75 Å². The van der Waals surface area contributed by atoms with Gasteiger partial charge >= 0.3 is 0 Å². The summed E-state index contributed by atoms with van der Waals surface area (Å²) in [5.41, 5.74) is 2.62. The van der Waals surface area contributed by atoms with Crippen molar-refractivity contribution in [2.24, 2.45) is 0 Å². The third kappa shape index (κ3) is 2.35. The molecule has 3 nitrogen and oxygen atoms in total. The van der Waals surface area contributed by atoms with Gasteiger partial charge in [-0.05, 0) is 37.6 Å². The highest BCUT2D eigenvalue weighted by Gasteiger charge is 2.28. The Labute approximate surface area is 113 Å². The minimum Gasteiger partial charge on any atom is -0.493 e. The van der Waals surface area contributed by atoms with Gasteiger partial charge in [-0.15, -0.1) is 0 Å². The molecule has 0 radical (unpaired) electrons. The van der Waals surface area contributed by atoms with Gasteiger partial charge in [-0.25, -0.2) is 0 Å². The van der Waals surface area contributed by atoms with Crippen molar-refractivity contribution in [3.8, 4) is 5.75 Å². The van der Waals surface area contributed by atoms with Gasteiger partial charge in [0.1, 0.15) is 5.75 Å². The van der Waals surface area contributed by atoms with Crippen LogP contribution < -0.4 is 15.4 Å². The van der Waals surface area contributed by atoms with E-state index in [9.17, 15) is 0 Å². The lowest BCUT2D eigenvalue weighted by Crippen LogP contribution is -2.43. The molecule has 0 spiro atoms. The summed E-state index contributed by atoms with van der Waals surface area (Å²) in [7, 11) is 0. The van der Waals surface area contributed by atoms with Gasteiger partial charge < -0.3 is 15.4 Å². The second-order valence-electron chi connectivity index (χ2n) is 5.49.